The lowest BCUT2D eigenvalue weighted by Gasteiger charge is -2.10. The van der Waals surface area contributed by atoms with Crippen molar-refractivity contribution in [2.75, 3.05) is 5.32 Å². The zero-order valence-corrected chi connectivity index (χ0v) is 18.3. The first-order valence-electron chi connectivity index (χ1n) is 10.3. The molecule has 0 fully saturated rings. The predicted octanol–water partition coefficient (Wildman–Crippen LogP) is 9.19. The van der Waals surface area contributed by atoms with Crippen LogP contribution in [0.25, 0.3) is 42.4 Å². The van der Waals surface area contributed by atoms with Crippen molar-refractivity contribution in [3.8, 4) is 22.3 Å². The zero-order chi connectivity index (χ0) is 20.6. The van der Waals surface area contributed by atoms with E-state index in [4.69, 9.17) is 0 Å². The molecule has 6 aromatic rings. The largest absolute Gasteiger partial charge is 0.355 e. The van der Waals surface area contributed by atoms with Crippen LogP contribution in [0.3, 0.4) is 0 Å². The average Bonchev–Trinajstić information content (AvgIpc) is 3.44. The van der Waals surface area contributed by atoms with E-state index in [0.29, 0.717) is 0 Å². The minimum absolute atomic E-state index is 1.10. The lowest BCUT2D eigenvalue weighted by atomic mass is 10.0. The predicted molar refractivity (Wildman–Crippen MR) is 138 cm³/mol. The topological polar surface area (TPSA) is 12.0 Å². The summed E-state index contributed by atoms with van der Waals surface area (Å²) in [6.07, 6.45) is 0. The van der Waals surface area contributed by atoms with Crippen molar-refractivity contribution in [2.45, 2.75) is 0 Å². The molecule has 0 saturated carbocycles. The van der Waals surface area contributed by atoms with Gasteiger partial charge in [0, 0.05) is 42.7 Å². The Hall–Kier alpha value is -3.40. The molecule has 4 aromatic carbocycles. The van der Waals surface area contributed by atoms with Crippen LogP contribution in [-0.2, 0) is 0 Å². The van der Waals surface area contributed by atoms with E-state index < -0.39 is 0 Å². The maximum Gasteiger partial charge on any atom is 0.0390 e. The summed E-state index contributed by atoms with van der Waals surface area (Å²) < 4.78 is 2.65. The number of hydrogen-bond donors (Lipinski definition) is 1. The molecule has 3 heteroatoms. The normalized spacial score (nSPS) is 11.2. The minimum atomic E-state index is 1.10. The third-order valence-corrected chi connectivity index (χ3v) is 7.52. The molecular weight excluding hydrogens is 414 g/mol. The van der Waals surface area contributed by atoms with Gasteiger partial charge in [-0.1, -0.05) is 60.7 Å². The van der Waals surface area contributed by atoms with Crippen molar-refractivity contribution in [2.24, 2.45) is 0 Å². The van der Waals surface area contributed by atoms with Crippen LogP contribution in [-0.4, -0.2) is 0 Å². The van der Waals surface area contributed by atoms with Crippen LogP contribution < -0.4 is 5.32 Å². The first kappa shape index (κ1) is 18.4. The summed E-state index contributed by atoms with van der Waals surface area (Å²) in [6.45, 7) is 0. The van der Waals surface area contributed by atoms with E-state index in [1.54, 1.807) is 22.7 Å². The lowest BCUT2D eigenvalue weighted by molar-refractivity contribution is 1.55. The summed E-state index contributed by atoms with van der Waals surface area (Å²) in [7, 11) is 0. The molecule has 0 aliphatic heterocycles. The molecule has 31 heavy (non-hydrogen) atoms. The highest BCUT2D eigenvalue weighted by atomic mass is 32.1. The number of benzene rings is 4. The number of nitrogens with one attached hydrogen (secondary N) is 1. The van der Waals surface area contributed by atoms with Gasteiger partial charge in [-0.25, -0.2) is 0 Å². The quantitative estimate of drug-likeness (QED) is 0.292. The molecule has 0 saturated heterocycles. The maximum absolute atomic E-state index is 3.61. The summed E-state index contributed by atoms with van der Waals surface area (Å²) in [4.78, 5) is 0. The van der Waals surface area contributed by atoms with Crippen molar-refractivity contribution in [3.05, 3.63) is 108 Å². The van der Waals surface area contributed by atoms with Gasteiger partial charge in [0.25, 0.3) is 0 Å². The second-order valence-electron chi connectivity index (χ2n) is 7.58. The van der Waals surface area contributed by atoms with Gasteiger partial charge in [0.2, 0.25) is 0 Å². The van der Waals surface area contributed by atoms with E-state index in [1.807, 2.05) is 0 Å². The molecule has 1 N–H and O–H groups in total. The Bertz CT molecular complexity index is 1410. The molecule has 0 amide bonds. The Labute approximate surface area is 189 Å². The monoisotopic (exact) mass is 433 g/mol. The number of rotatable bonds is 4. The Kier molecular flexibility index (Phi) is 4.56. The van der Waals surface area contributed by atoms with Crippen LogP contribution in [0.4, 0.5) is 11.4 Å². The molecule has 0 unspecified atom stereocenters. The Morgan fingerprint density at radius 3 is 1.48 bits per heavy atom. The molecule has 0 spiro atoms. The van der Waals surface area contributed by atoms with E-state index in [9.17, 15) is 0 Å². The van der Waals surface area contributed by atoms with Gasteiger partial charge in [-0.3, -0.25) is 0 Å². The van der Waals surface area contributed by atoms with Crippen LogP contribution in [0.15, 0.2) is 108 Å². The van der Waals surface area contributed by atoms with E-state index in [2.05, 4.69) is 113 Å². The molecule has 1 nitrogen and oxygen atoms in total. The minimum Gasteiger partial charge on any atom is -0.355 e. The van der Waals surface area contributed by atoms with Gasteiger partial charge in [0.05, 0.1) is 0 Å². The van der Waals surface area contributed by atoms with Crippen LogP contribution in [0.2, 0.25) is 0 Å². The van der Waals surface area contributed by atoms with Crippen molar-refractivity contribution in [1.29, 1.82) is 0 Å². The molecule has 0 aliphatic carbocycles. The molecule has 0 atom stereocenters. The summed E-state index contributed by atoms with van der Waals surface area (Å²) >= 11 is 3.60. The van der Waals surface area contributed by atoms with Gasteiger partial charge in [-0.05, 0) is 58.3 Å². The molecule has 2 heterocycles. The summed E-state index contributed by atoms with van der Waals surface area (Å²) in [5.74, 6) is 0. The van der Waals surface area contributed by atoms with Crippen LogP contribution in [0, 0.1) is 0 Å². The van der Waals surface area contributed by atoms with Crippen molar-refractivity contribution in [1.82, 2.24) is 0 Å². The van der Waals surface area contributed by atoms with Gasteiger partial charge in [-0.15, -0.1) is 22.7 Å². The smallest absolute Gasteiger partial charge is 0.0390 e. The van der Waals surface area contributed by atoms with Crippen molar-refractivity contribution in [3.63, 3.8) is 0 Å². The Morgan fingerprint density at radius 1 is 0.484 bits per heavy atom. The molecule has 6 rings (SSSR count). The van der Waals surface area contributed by atoms with Crippen LogP contribution >= 0.6 is 22.7 Å². The Balaban J connectivity index is 1.34. The van der Waals surface area contributed by atoms with Crippen molar-refractivity contribution >= 4 is 54.2 Å². The first-order valence-corrected chi connectivity index (χ1v) is 12.0. The van der Waals surface area contributed by atoms with E-state index in [0.717, 1.165) is 11.4 Å². The van der Waals surface area contributed by atoms with E-state index >= 15 is 0 Å². The fourth-order valence-electron chi connectivity index (χ4n) is 4.10. The van der Waals surface area contributed by atoms with Gasteiger partial charge < -0.3 is 5.32 Å². The number of thiophene rings is 2. The maximum atomic E-state index is 3.61. The third-order valence-electron chi connectivity index (χ3n) is 5.60. The molecule has 0 radical (unpaired) electrons. The fraction of sp³-hybridized carbons (Fsp3) is 0. The van der Waals surface area contributed by atoms with E-state index in [-0.39, 0.29) is 0 Å². The third kappa shape index (κ3) is 3.42. The van der Waals surface area contributed by atoms with Gasteiger partial charge in [-0.2, -0.15) is 0 Å². The number of anilines is 2. The molecule has 148 valence electrons. The van der Waals surface area contributed by atoms with E-state index in [1.165, 1.54) is 42.4 Å². The summed E-state index contributed by atoms with van der Waals surface area (Å²) in [5, 5.41) is 10.8. The van der Waals surface area contributed by atoms with Gasteiger partial charge in [0.15, 0.2) is 0 Å². The molecule has 0 bridgehead atoms. The van der Waals surface area contributed by atoms with Crippen LogP contribution in [0.5, 0.6) is 0 Å². The molecule has 2 aromatic heterocycles. The first-order chi connectivity index (χ1) is 15.3. The second-order valence-corrected chi connectivity index (χ2v) is 9.40. The summed E-state index contributed by atoms with van der Waals surface area (Å²) in [5.41, 5.74) is 7.26. The molecule has 0 aliphatic rings. The van der Waals surface area contributed by atoms with Gasteiger partial charge in [0.1, 0.15) is 0 Å². The second kappa shape index (κ2) is 7.69. The van der Waals surface area contributed by atoms with Gasteiger partial charge >= 0.3 is 0 Å². The average molecular weight is 434 g/mol. The highest BCUT2D eigenvalue weighted by Gasteiger charge is 2.09. The number of fused-ring (bicyclic) bond motifs is 2. The zero-order valence-electron chi connectivity index (χ0n) is 16.7. The SMILES string of the molecule is c1cc(Nc2cccc(-c3csc4ccccc34)c2)cc(-c2csc3ccccc23)c1. The lowest BCUT2D eigenvalue weighted by Crippen LogP contribution is -1.91. The highest BCUT2D eigenvalue weighted by Crippen LogP contribution is 2.37. The Morgan fingerprint density at radius 2 is 0.968 bits per heavy atom. The summed E-state index contributed by atoms with van der Waals surface area (Å²) in [6, 6.07) is 34.6. The number of hydrogen-bond acceptors (Lipinski definition) is 3. The standard InChI is InChI=1S/C28H19NS2/c1-3-13-27-23(11-1)25(17-30-27)19-7-5-9-21(15-19)29-22-10-6-8-20(16-22)26-18-31-28-14-4-2-12-24(26)28/h1-18,29H. The van der Waals surface area contributed by atoms with Crippen molar-refractivity contribution < 1.29 is 0 Å². The highest BCUT2D eigenvalue weighted by molar-refractivity contribution is 7.18. The molecular formula is C28H19NS2. The fourth-order valence-corrected chi connectivity index (χ4v) is 6.04. The van der Waals surface area contributed by atoms with Crippen LogP contribution in [0.1, 0.15) is 0 Å².